The summed E-state index contributed by atoms with van der Waals surface area (Å²) in [5, 5.41) is 8.61. The Bertz CT molecular complexity index is 366. The first-order valence-electron chi connectivity index (χ1n) is 5.18. The van der Waals surface area contributed by atoms with Crippen molar-refractivity contribution in [1.29, 1.82) is 0 Å². The lowest BCUT2D eigenvalue weighted by Crippen LogP contribution is -1.99. The summed E-state index contributed by atoms with van der Waals surface area (Å²) in [7, 11) is 0. The lowest BCUT2D eigenvalue weighted by molar-refractivity contribution is 0.305. The third-order valence-corrected chi connectivity index (χ3v) is 2.43. The first kappa shape index (κ1) is 13.0. The van der Waals surface area contributed by atoms with E-state index in [9.17, 15) is 0 Å². The standard InChI is InChI=1S/C13H16O2S/c1-16-10-9-15-13-7-4-6-12(11-13)5-2-3-8-14/h4,6-7,11,14H,3,8-10H2,1H3. The third kappa shape index (κ3) is 5.11. The predicted octanol–water partition coefficient (Wildman–Crippen LogP) is 2.16. The Morgan fingerprint density at radius 1 is 1.44 bits per heavy atom. The van der Waals surface area contributed by atoms with Gasteiger partial charge in [0.25, 0.3) is 0 Å². The summed E-state index contributed by atoms with van der Waals surface area (Å²) < 4.78 is 5.56. The number of ether oxygens (including phenoxy) is 1. The Hall–Kier alpha value is -1.11. The molecule has 2 nitrogen and oxygen atoms in total. The summed E-state index contributed by atoms with van der Waals surface area (Å²) in [5.41, 5.74) is 0.926. The maximum absolute atomic E-state index is 8.61. The van der Waals surface area contributed by atoms with E-state index >= 15 is 0 Å². The van der Waals surface area contributed by atoms with Crippen LogP contribution >= 0.6 is 11.8 Å². The molecule has 0 unspecified atom stereocenters. The second kappa shape index (κ2) is 8.09. The Kier molecular flexibility index (Phi) is 6.55. The Morgan fingerprint density at radius 2 is 2.31 bits per heavy atom. The van der Waals surface area contributed by atoms with Crippen LogP contribution in [0.4, 0.5) is 0 Å². The van der Waals surface area contributed by atoms with E-state index in [1.807, 2.05) is 24.3 Å². The third-order valence-electron chi connectivity index (χ3n) is 1.86. The van der Waals surface area contributed by atoms with Crippen molar-refractivity contribution >= 4 is 11.8 Å². The van der Waals surface area contributed by atoms with E-state index < -0.39 is 0 Å². The maximum atomic E-state index is 8.61. The largest absolute Gasteiger partial charge is 0.493 e. The SMILES string of the molecule is CSCCOc1cccc(C#CCCO)c1. The van der Waals surface area contributed by atoms with Crippen LogP contribution in [0.15, 0.2) is 24.3 Å². The number of hydrogen-bond acceptors (Lipinski definition) is 3. The molecule has 1 N–H and O–H groups in total. The van der Waals surface area contributed by atoms with E-state index in [1.165, 1.54) is 0 Å². The predicted molar refractivity (Wildman–Crippen MR) is 68.9 cm³/mol. The monoisotopic (exact) mass is 236 g/mol. The highest BCUT2D eigenvalue weighted by Gasteiger charge is 1.94. The lowest BCUT2D eigenvalue weighted by Gasteiger charge is -2.04. The van der Waals surface area contributed by atoms with Gasteiger partial charge in [-0.2, -0.15) is 11.8 Å². The molecule has 1 rings (SSSR count). The molecular formula is C13H16O2S. The van der Waals surface area contributed by atoms with Gasteiger partial charge in [-0.1, -0.05) is 17.9 Å². The van der Waals surface area contributed by atoms with Crippen molar-refractivity contribution in [2.45, 2.75) is 6.42 Å². The van der Waals surface area contributed by atoms with Crippen molar-refractivity contribution in [2.24, 2.45) is 0 Å². The molecule has 1 aromatic rings. The Labute approximate surface area is 101 Å². The van der Waals surface area contributed by atoms with Crippen molar-refractivity contribution in [3.63, 3.8) is 0 Å². The van der Waals surface area contributed by atoms with Gasteiger partial charge in [0.05, 0.1) is 13.2 Å². The zero-order valence-electron chi connectivity index (χ0n) is 9.40. The molecule has 86 valence electrons. The summed E-state index contributed by atoms with van der Waals surface area (Å²) >= 11 is 1.76. The fourth-order valence-corrected chi connectivity index (χ4v) is 1.38. The molecule has 0 bridgehead atoms. The van der Waals surface area contributed by atoms with Gasteiger partial charge in [-0.3, -0.25) is 0 Å². The molecule has 0 saturated carbocycles. The first-order chi connectivity index (χ1) is 7.86. The molecule has 16 heavy (non-hydrogen) atoms. The molecule has 0 atom stereocenters. The van der Waals surface area contributed by atoms with E-state index in [0.29, 0.717) is 13.0 Å². The van der Waals surface area contributed by atoms with Gasteiger partial charge >= 0.3 is 0 Å². The molecule has 0 radical (unpaired) electrons. The lowest BCUT2D eigenvalue weighted by atomic mass is 10.2. The number of thioether (sulfide) groups is 1. The first-order valence-corrected chi connectivity index (χ1v) is 6.57. The van der Waals surface area contributed by atoms with Crippen LogP contribution in [0, 0.1) is 11.8 Å². The van der Waals surface area contributed by atoms with Crippen LogP contribution < -0.4 is 4.74 Å². The van der Waals surface area contributed by atoms with Gasteiger partial charge in [-0.25, -0.2) is 0 Å². The fourth-order valence-electron chi connectivity index (χ4n) is 1.13. The minimum atomic E-state index is 0.108. The minimum Gasteiger partial charge on any atom is -0.493 e. The van der Waals surface area contributed by atoms with Crippen LogP contribution in [-0.2, 0) is 0 Å². The van der Waals surface area contributed by atoms with E-state index in [1.54, 1.807) is 11.8 Å². The highest BCUT2D eigenvalue weighted by atomic mass is 32.2. The van der Waals surface area contributed by atoms with Crippen molar-refractivity contribution in [2.75, 3.05) is 25.2 Å². The van der Waals surface area contributed by atoms with Gasteiger partial charge in [-0.15, -0.1) is 0 Å². The molecule has 3 heteroatoms. The quantitative estimate of drug-likeness (QED) is 0.627. The van der Waals surface area contributed by atoms with E-state index in [0.717, 1.165) is 17.1 Å². The summed E-state index contributed by atoms with van der Waals surface area (Å²) in [4.78, 5) is 0. The van der Waals surface area contributed by atoms with Gasteiger partial charge in [0, 0.05) is 17.7 Å². The molecule has 0 amide bonds. The van der Waals surface area contributed by atoms with E-state index in [2.05, 4.69) is 18.1 Å². The molecule has 0 saturated heterocycles. The molecular weight excluding hydrogens is 220 g/mol. The average molecular weight is 236 g/mol. The van der Waals surface area contributed by atoms with Gasteiger partial charge in [0.1, 0.15) is 5.75 Å². The molecule has 0 aromatic heterocycles. The number of benzene rings is 1. The van der Waals surface area contributed by atoms with Gasteiger partial charge in [0.2, 0.25) is 0 Å². The van der Waals surface area contributed by atoms with Crippen LogP contribution in [0.5, 0.6) is 5.75 Å². The molecule has 0 aliphatic carbocycles. The molecule has 1 aromatic carbocycles. The Balaban J connectivity index is 2.54. The van der Waals surface area contributed by atoms with Gasteiger partial charge in [0.15, 0.2) is 0 Å². The normalized spacial score (nSPS) is 9.38. The van der Waals surface area contributed by atoms with Crippen molar-refractivity contribution in [1.82, 2.24) is 0 Å². The fraction of sp³-hybridized carbons (Fsp3) is 0.385. The zero-order chi connectivity index (χ0) is 11.6. The van der Waals surface area contributed by atoms with E-state index in [4.69, 9.17) is 9.84 Å². The van der Waals surface area contributed by atoms with Crippen LogP contribution in [0.1, 0.15) is 12.0 Å². The number of rotatable bonds is 5. The maximum Gasteiger partial charge on any atom is 0.120 e. The van der Waals surface area contributed by atoms with Gasteiger partial charge in [-0.05, 0) is 24.5 Å². The molecule has 0 fully saturated rings. The Morgan fingerprint density at radius 3 is 3.06 bits per heavy atom. The molecule has 0 aliphatic heterocycles. The van der Waals surface area contributed by atoms with Crippen LogP contribution in [-0.4, -0.2) is 30.3 Å². The highest BCUT2D eigenvalue weighted by molar-refractivity contribution is 7.98. The second-order valence-electron chi connectivity index (χ2n) is 3.14. The number of aliphatic hydroxyl groups is 1. The van der Waals surface area contributed by atoms with Crippen LogP contribution in [0.25, 0.3) is 0 Å². The molecule has 0 aliphatic rings. The van der Waals surface area contributed by atoms with Crippen molar-refractivity contribution < 1.29 is 9.84 Å². The van der Waals surface area contributed by atoms with Crippen molar-refractivity contribution in [3.8, 4) is 17.6 Å². The molecule has 0 spiro atoms. The van der Waals surface area contributed by atoms with Crippen LogP contribution in [0.3, 0.4) is 0 Å². The summed E-state index contributed by atoms with van der Waals surface area (Å²) in [6.07, 6.45) is 2.57. The highest BCUT2D eigenvalue weighted by Crippen LogP contribution is 2.12. The van der Waals surface area contributed by atoms with Crippen molar-refractivity contribution in [3.05, 3.63) is 29.8 Å². The van der Waals surface area contributed by atoms with Gasteiger partial charge < -0.3 is 9.84 Å². The second-order valence-corrected chi connectivity index (χ2v) is 4.13. The number of aliphatic hydroxyl groups excluding tert-OH is 1. The zero-order valence-corrected chi connectivity index (χ0v) is 10.2. The summed E-state index contributed by atoms with van der Waals surface area (Å²) in [6, 6.07) is 7.71. The number of hydrogen-bond donors (Lipinski definition) is 1. The minimum absolute atomic E-state index is 0.108. The van der Waals surface area contributed by atoms with E-state index in [-0.39, 0.29) is 6.61 Å². The average Bonchev–Trinajstić information content (AvgIpc) is 2.30. The summed E-state index contributed by atoms with van der Waals surface area (Å²) in [6.45, 7) is 0.825. The smallest absolute Gasteiger partial charge is 0.120 e. The summed E-state index contributed by atoms with van der Waals surface area (Å²) in [5.74, 6) is 7.71. The topological polar surface area (TPSA) is 29.5 Å². The van der Waals surface area contributed by atoms with Crippen LogP contribution in [0.2, 0.25) is 0 Å². The molecule has 0 heterocycles.